The van der Waals surface area contributed by atoms with Gasteiger partial charge in [-0.2, -0.15) is 5.26 Å². The smallest absolute Gasteiger partial charge is 0.272 e. The summed E-state index contributed by atoms with van der Waals surface area (Å²) in [7, 11) is 0. The van der Waals surface area contributed by atoms with E-state index >= 15 is 0 Å². The van der Waals surface area contributed by atoms with Gasteiger partial charge in [0.2, 0.25) is 0 Å². The van der Waals surface area contributed by atoms with E-state index in [0.717, 1.165) is 13.1 Å². The second-order valence-electron chi connectivity index (χ2n) is 3.74. The molecule has 0 aliphatic carbocycles. The Hall–Kier alpha value is -0.150. The van der Waals surface area contributed by atoms with Crippen molar-refractivity contribution in [3.8, 4) is 6.07 Å². The molecule has 0 bridgehead atoms. The van der Waals surface area contributed by atoms with Crippen molar-refractivity contribution in [1.82, 2.24) is 10.6 Å². The Labute approximate surface area is 100 Å². The van der Waals surface area contributed by atoms with Gasteiger partial charge >= 0.3 is 0 Å². The van der Waals surface area contributed by atoms with E-state index < -0.39 is 5.92 Å². The maximum absolute atomic E-state index is 11.5. The molecule has 2 heterocycles. The average molecular weight is 262 g/mol. The molecule has 2 fully saturated rings. The summed E-state index contributed by atoms with van der Waals surface area (Å²) >= 11 is 0. The van der Waals surface area contributed by atoms with Gasteiger partial charge in [0.05, 0.1) is 24.6 Å². The summed E-state index contributed by atoms with van der Waals surface area (Å²) in [6.07, 6.45) is 0. The van der Waals surface area contributed by atoms with Crippen molar-refractivity contribution < 1.29 is 8.78 Å². The second kappa shape index (κ2) is 6.44. The molecule has 0 spiro atoms. The molecular formula is C8H15Cl2F2N3. The predicted molar refractivity (Wildman–Crippen MR) is 58.9 cm³/mol. The lowest BCUT2D eigenvalue weighted by Gasteiger charge is -2.31. The lowest BCUT2D eigenvalue weighted by Crippen LogP contribution is -2.52. The van der Waals surface area contributed by atoms with E-state index in [1.54, 1.807) is 0 Å². The van der Waals surface area contributed by atoms with E-state index in [4.69, 9.17) is 5.26 Å². The first kappa shape index (κ1) is 17.3. The normalized spacial score (nSPS) is 23.3. The number of nitrogens with zero attached hydrogens (tertiary/aromatic N) is 1. The molecule has 15 heavy (non-hydrogen) atoms. The van der Waals surface area contributed by atoms with Crippen LogP contribution >= 0.6 is 24.8 Å². The molecule has 90 valence electrons. The van der Waals surface area contributed by atoms with Gasteiger partial charge in [-0.3, -0.25) is 0 Å². The van der Waals surface area contributed by atoms with Gasteiger partial charge in [0.1, 0.15) is 0 Å². The molecule has 0 atom stereocenters. The zero-order valence-corrected chi connectivity index (χ0v) is 9.98. The van der Waals surface area contributed by atoms with Crippen molar-refractivity contribution in [2.45, 2.75) is 12.8 Å². The monoisotopic (exact) mass is 261 g/mol. The first-order valence-corrected chi connectivity index (χ1v) is 4.18. The van der Waals surface area contributed by atoms with Gasteiger partial charge in [0.15, 0.2) is 0 Å². The zero-order valence-electron chi connectivity index (χ0n) is 8.35. The number of halogens is 4. The van der Waals surface area contributed by atoms with E-state index in [1.807, 2.05) is 6.92 Å². The quantitative estimate of drug-likeness (QED) is 0.689. The van der Waals surface area contributed by atoms with Crippen LogP contribution in [0.3, 0.4) is 0 Å². The summed E-state index contributed by atoms with van der Waals surface area (Å²) in [5.41, 5.74) is -0.0417. The second-order valence-corrected chi connectivity index (χ2v) is 3.74. The van der Waals surface area contributed by atoms with E-state index in [2.05, 4.69) is 16.7 Å². The van der Waals surface area contributed by atoms with Crippen molar-refractivity contribution in [3.63, 3.8) is 0 Å². The zero-order chi connectivity index (χ0) is 9.95. The summed E-state index contributed by atoms with van der Waals surface area (Å²) in [5.74, 6) is -2.39. The van der Waals surface area contributed by atoms with Crippen LogP contribution in [0, 0.1) is 16.7 Å². The first-order chi connectivity index (χ1) is 5.97. The summed E-state index contributed by atoms with van der Waals surface area (Å²) in [6.45, 7) is 3.43. The molecule has 0 amide bonds. The number of nitriles is 1. The Bertz CT molecular complexity index is 220. The Balaban J connectivity index is 0. The lowest BCUT2D eigenvalue weighted by atomic mass is 9.86. The fourth-order valence-corrected chi connectivity index (χ4v) is 0.893. The van der Waals surface area contributed by atoms with Crippen molar-refractivity contribution >= 4 is 24.8 Å². The standard InChI is InChI=1S/C5H8N2.C3H5F2N.2ClH/c1-5(2-6)3-7-4-5;4-3(5)1-6-2-3;;/h7H,3-4H2,1H3;6H,1-2H2;2*1H. The molecule has 2 rings (SSSR count). The Morgan fingerprint density at radius 3 is 1.40 bits per heavy atom. The largest absolute Gasteiger partial charge is 0.313 e. The van der Waals surface area contributed by atoms with E-state index in [9.17, 15) is 8.78 Å². The fraction of sp³-hybridized carbons (Fsp3) is 0.875. The third-order valence-electron chi connectivity index (χ3n) is 2.07. The van der Waals surface area contributed by atoms with Crippen molar-refractivity contribution in [1.29, 1.82) is 5.26 Å². The molecule has 0 unspecified atom stereocenters. The highest BCUT2D eigenvalue weighted by molar-refractivity contribution is 5.85. The number of hydrogen-bond donors (Lipinski definition) is 2. The average Bonchev–Trinajstić information content (AvgIpc) is 1.99. The van der Waals surface area contributed by atoms with Crippen LogP contribution in [0.4, 0.5) is 8.78 Å². The van der Waals surface area contributed by atoms with Crippen molar-refractivity contribution in [2.75, 3.05) is 26.2 Å². The molecule has 2 aliphatic rings. The third-order valence-corrected chi connectivity index (χ3v) is 2.07. The van der Waals surface area contributed by atoms with Gasteiger partial charge < -0.3 is 10.6 Å². The Morgan fingerprint density at radius 2 is 1.40 bits per heavy atom. The molecule has 0 radical (unpaired) electrons. The summed E-state index contributed by atoms with van der Waals surface area (Å²) < 4.78 is 23.0. The Kier molecular flexibility index (Phi) is 7.40. The van der Waals surface area contributed by atoms with Crippen LogP contribution in [0.5, 0.6) is 0 Å². The molecule has 2 aliphatic heterocycles. The number of nitrogens with one attached hydrogen (secondary N) is 2. The molecule has 0 aromatic heterocycles. The maximum atomic E-state index is 11.5. The summed E-state index contributed by atoms with van der Waals surface area (Å²) in [5, 5.41) is 13.8. The number of hydrogen-bond acceptors (Lipinski definition) is 3. The van der Waals surface area contributed by atoms with Gasteiger partial charge in [0, 0.05) is 13.1 Å². The van der Waals surface area contributed by atoms with Crippen LogP contribution in [-0.2, 0) is 0 Å². The topological polar surface area (TPSA) is 47.9 Å². The molecule has 3 nitrogen and oxygen atoms in total. The van der Waals surface area contributed by atoms with Crippen LogP contribution in [0.25, 0.3) is 0 Å². The minimum Gasteiger partial charge on any atom is -0.313 e. The summed E-state index contributed by atoms with van der Waals surface area (Å²) in [4.78, 5) is 0. The highest BCUT2D eigenvalue weighted by Gasteiger charge is 2.36. The Morgan fingerprint density at radius 1 is 1.07 bits per heavy atom. The van der Waals surface area contributed by atoms with Gasteiger partial charge in [-0.15, -0.1) is 24.8 Å². The van der Waals surface area contributed by atoms with Crippen molar-refractivity contribution in [3.05, 3.63) is 0 Å². The highest BCUT2D eigenvalue weighted by Crippen LogP contribution is 2.18. The van der Waals surface area contributed by atoms with Gasteiger partial charge in [-0.25, -0.2) is 8.78 Å². The van der Waals surface area contributed by atoms with Gasteiger partial charge in [0.25, 0.3) is 5.92 Å². The van der Waals surface area contributed by atoms with E-state index in [0.29, 0.717) is 0 Å². The van der Waals surface area contributed by atoms with E-state index in [-0.39, 0.29) is 43.3 Å². The molecule has 2 N–H and O–H groups in total. The predicted octanol–water partition coefficient (Wildman–Crippen LogP) is 1.19. The lowest BCUT2D eigenvalue weighted by molar-refractivity contribution is -0.0475. The van der Waals surface area contributed by atoms with E-state index in [1.165, 1.54) is 0 Å². The van der Waals surface area contributed by atoms with Gasteiger partial charge in [-0.05, 0) is 6.92 Å². The molecule has 0 aromatic rings. The van der Waals surface area contributed by atoms with Crippen LogP contribution < -0.4 is 10.6 Å². The SMILES string of the molecule is CC1(C#N)CNC1.Cl.Cl.FC1(F)CNC1. The fourth-order valence-electron chi connectivity index (χ4n) is 0.893. The third kappa shape index (κ3) is 5.47. The molecule has 2 saturated heterocycles. The van der Waals surface area contributed by atoms with Crippen LogP contribution in [0.1, 0.15) is 6.92 Å². The van der Waals surface area contributed by atoms with Crippen LogP contribution in [0.15, 0.2) is 0 Å². The molecular weight excluding hydrogens is 247 g/mol. The van der Waals surface area contributed by atoms with Gasteiger partial charge in [-0.1, -0.05) is 0 Å². The molecule has 7 heteroatoms. The minimum atomic E-state index is -2.39. The van der Waals surface area contributed by atoms with Crippen LogP contribution in [-0.4, -0.2) is 32.1 Å². The molecule has 0 saturated carbocycles. The first-order valence-electron chi connectivity index (χ1n) is 4.18. The number of alkyl halides is 2. The highest BCUT2D eigenvalue weighted by atomic mass is 35.5. The molecule has 0 aromatic carbocycles. The van der Waals surface area contributed by atoms with Crippen LogP contribution in [0.2, 0.25) is 0 Å². The number of rotatable bonds is 0. The minimum absolute atomic E-state index is 0. The summed E-state index contributed by atoms with van der Waals surface area (Å²) in [6, 6.07) is 2.22. The maximum Gasteiger partial charge on any atom is 0.272 e. The van der Waals surface area contributed by atoms with Crippen molar-refractivity contribution in [2.24, 2.45) is 5.41 Å².